The number of nitrogens with zero attached hydrogens (tertiary/aromatic N) is 2. The van der Waals surface area contributed by atoms with Gasteiger partial charge in [-0.2, -0.15) is 13.2 Å². The topological polar surface area (TPSA) is 118 Å². The molecule has 1 aliphatic heterocycles. The maximum Gasteiger partial charge on any atom is 0.490 e. The summed E-state index contributed by atoms with van der Waals surface area (Å²) >= 11 is 0. The molecule has 0 unspecified atom stereocenters. The van der Waals surface area contributed by atoms with Gasteiger partial charge in [0, 0.05) is 50.7 Å². The smallest absolute Gasteiger partial charge is 0.490 e. The Morgan fingerprint density at radius 1 is 0.974 bits per heavy atom. The zero-order chi connectivity index (χ0) is 29.0. The SMILES string of the molecule is COc1cc(C(=O)N(CCC(=O)N2CCNCC2)C2CCCCCC2)cc(OC)c1OC.O=C(O)C(F)(F)F. The highest BCUT2D eigenvalue weighted by Crippen LogP contribution is 2.39. The van der Waals surface area contributed by atoms with E-state index in [1.807, 2.05) is 9.80 Å². The van der Waals surface area contributed by atoms with Crippen LogP contribution < -0.4 is 19.5 Å². The number of aliphatic carboxylic acids is 1. The van der Waals surface area contributed by atoms with Crippen molar-refractivity contribution in [2.24, 2.45) is 0 Å². The summed E-state index contributed by atoms with van der Waals surface area (Å²) in [6, 6.07) is 3.54. The quantitative estimate of drug-likeness (QED) is 0.465. The van der Waals surface area contributed by atoms with Crippen molar-refractivity contribution in [2.45, 2.75) is 57.2 Å². The van der Waals surface area contributed by atoms with E-state index in [0.29, 0.717) is 35.8 Å². The van der Waals surface area contributed by atoms with Gasteiger partial charge in [0.2, 0.25) is 11.7 Å². The van der Waals surface area contributed by atoms with Crippen molar-refractivity contribution in [3.8, 4) is 17.2 Å². The van der Waals surface area contributed by atoms with Crippen molar-refractivity contribution < 1.29 is 46.9 Å². The molecule has 0 radical (unpaired) electrons. The van der Waals surface area contributed by atoms with Crippen LogP contribution in [0, 0.1) is 0 Å². The number of methoxy groups -OCH3 is 3. The van der Waals surface area contributed by atoms with Gasteiger partial charge in [-0.1, -0.05) is 25.7 Å². The predicted molar refractivity (Wildman–Crippen MR) is 136 cm³/mol. The van der Waals surface area contributed by atoms with Crippen LogP contribution >= 0.6 is 0 Å². The van der Waals surface area contributed by atoms with E-state index < -0.39 is 12.1 Å². The minimum atomic E-state index is -5.08. The molecule has 2 N–H and O–H groups in total. The second-order valence-corrected chi connectivity index (χ2v) is 9.24. The lowest BCUT2D eigenvalue weighted by Crippen LogP contribution is -2.48. The molecule has 0 spiro atoms. The van der Waals surface area contributed by atoms with E-state index in [4.69, 9.17) is 24.1 Å². The van der Waals surface area contributed by atoms with E-state index in [0.717, 1.165) is 51.9 Å². The Bertz CT molecular complexity index is 936. The fourth-order valence-corrected chi connectivity index (χ4v) is 4.68. The third-order valence-corrected chi connectivity index (χ3v) is 6.72. The number of hydrogen-bond acceptors (Lipinski definition) is 7. The Morgan fingerprint density at radius 3 is 1.92 bits per heavy atom. The lowest BCUT2D eigenvalue weighted by atomic mass is 10.0. The average Bonchev–Trinajstić information content (AvgIpc) is 3.22. The van der Waals surface area contributed by atoms with Gasteiger partial charge in [-0.15, -0.1) is 0 Å². The number of carboxylic acids is 1. The van der Waals surface area contributed by atoms with Gasteiger partial charge in [-0.25, -0.2) is 4.79 Å². The molecule has 39 heavy (non-hydrogen) atoms. The number of carbonyl (C=O) groups excluding carboxylic acids is 2. The van der Waals surface area contributed by atoms with Gasteiger partial charge in [-0.05, 0) is 25.0 Å². The van der Waals surface area contributed by atoms with Crippen molar-refractivity contribution >= 4 is 17.8 Å². The Labute approximate surface area is 226 Å². The van der Waals surface area contributed by atoms with Gasteiger partial charge < -0.3 is 34.4 Å². The zero-order valence-corrected chi connectivity index (χ0v) is 22.6. The molecule has 1 saturated carbocycles. The van der Waals surface area contributed by atoms with Crippen LogP contribution in [0.1, 0.15) is 55.3 Å². The number of rotatable bonds is 8. The van der Waals surface area contributed by atoms with E-state index in [9.17, 15) is 22.8 Å². The van der Waals surface area contributed by atoms with Crippen molar-refractivity contribution in [3.05, 3.63) is 17.7 Å². The highest BCUT2D eigenvalue weighted by molar-refractivity contribution is 5.96. The molecule has 2 aliphatic rings. The van der Waals surface area contributed by atoms with Gasteiger partial charge in [0.1, 0.15) is 0 Å². The van der Waals surface area contributed by atoms with Gasteiger partial charge >= 0.3 is 12.1 Å². The third kappa shape index (κ3) is 9.48. The molecule has 1 aromatic carbocycles. The van der Waals surface area contributed by atoms with Crippen molar-refractivity contribution in [1.29, 1.82) is 0 Å². The molecule has 220 valence electrons. The first-order valence-corrected chi connectivity index (χ1v) is 12.9. The van der Waals surface area contributed by atoms with Crippen LogP contribution in [-0.2, 0) is 9.59 Å². The largest absolute Gasteiger partial charge is 0.493 e. The summed E-state index contributed by atoms with van der Waals surface area (Å²) < 4.78 is 48.0. The van der Waals surface area contributed by atoms with Gasteiger partial charge in [-0.3, -0.25) is 9.59 Å². The minimum Gasteiger partial charge on any atom is -0.493 e. The number of hydrogen-bond donors (Lipinski definition) is 2. The van der Waals surface area contributed by atoms with Gasteiger partial charge in [0.05, 0.1) is 21.3 Å². The predicted octanol–water partition coefficient (Wildman–Crippen LogP) is 3.33. The highest BCUT2D eigenvalue weighted by atomic mass is 19.4. The molecule has 1 saturated heterocycles. The first-order valence-electron chi connectivity index (χ1n) is 12.9. The number of nitrogens with one attached hydrogen (secondary N) is 1. The fourth-order valence-electron chi connectivity index (χ4n) is 4.68. The summed E-state index contributed by atoms with van der Waals surface area (Å²) in [5.74, 6) is -1.37. The Balaban J connectivity index is 0.000000673. The number of benzene rings is 1. The summed E-state index contributed by atoms with van der Waals surface area (Å²) in [6.07, 6.45) is 1.80. The van der Waals surface area contributed by atoms with Gasteiger partial charge in [0.25, 0.3) is 5.91 Å². The van der Waals surface area contributed by atoms with E-state index >= 15 is 0 Å². The summed E-state index contributed by atoms with van der Waals surface area (Å²) in [5, 5.41) is 10.4. The Morgan fingerprint density at radius 2 is 1.49 bits per heavy atom. The van der Waals surface area contributed by atoms with Crippen LogP contribution in [0.25, 0.3) is 0 Å². The van der Waals surface area contributed by atoms with Crippen LogP contribution in [0.2, 0.25) is 0 Å². The first-order chi connectivity index (χ1) is 18.5. The Kier molecular flexibility index (Phi) is 12.6. The Hall–Kier alpha value is -3.22. The molecule has 1 heterocycles. The molecule has 0 aromatic heterocycles. The molecular formula is C26H38F3N3O7. The first kappa shape index (κ1) is 32.0. The number of piperazine rings is 1. The van der Waals surface area contributed by atoms with Crippen LogP contribution in [-0.4, -0.2) is 99.0 Å². The molecule has 2 amide bonds. The second kappa shape index (κ2) is 15.4. The lowest BCUT2D eigenvalue weighted by Gasteiger charge is -2.33. The third-order valence-electron chi connectivity index (χ3n) is 6.72. The minimum absolute atomic E-state index is 0.0933. The summed E-state index contributed by atoms with van der Waals surface area (Å²) in [4.78, 5) is 39.2. The molecular weight excluding hydrogens is 523 g/mol. The lowest BCUT2D eigenvalue weighted by molar-refractivity contribution is -0.192. The molecule has 0 atom stereocenters. The normalized spacial score (nSPS) is 16.3. The standard InChI is InChI=1S/C24H37N3O5.C2HF3O2/c1-30-20-16-18(17-21(31-2)23(20)32-3)24(29)27(19-8-6-4-5-7-9-19)13-10-22(28)26-14-11-25-12-15-26;3-2(4,5)1(6)7/h16-17,19,25H,4-15H2,1-3H3;(H,6,7). The van der Waals surface area contributed by atoms with Crippen molar-refractivity contribution in [1.82, 2.24) is 15.1 Å². The molecule has 2 fully saturated rings. The second-order valence-electron chi connectivity index (χ2n) is 9.24. The monoisotopic (exact) mass is 561 g/mol. The molecule has 1 aliphatic carbocycles. The van der Waals surface area contributed by atoms with E-state index in [1.165, 1.54) is 12.8 Å². The number of carboxylic acid groups (broad SMARTS) is 1. The van der Waals surface area contributed by atoms with Crippen molar-refractivity contribution in [3.63, 3.8) is 0 Å². The molecule has 1 aromatic rings. The maximum absolute atomic E-state index is 13.7. The average molecular weight is 562 g/mol. The zero-order valence-electron chi connectivity index (χ0n) is 22.6. The molecule has 3 rings (SSSR count). The van der Waals surface area contributed by atoms with Gasteiger partial charge in [0.15, 0.2) is 11.5 Å². The molecule has 10 nitrogen and oxygen atoms in total. The van der Waals surface area contributed by atoms with E-state index in [1.54, 1.807) is 33.5 Å². The number of halogens is 3. The summed E-state index contributed by atoms with van der Waals surface area (Å²) in [5.41, 5.74) is 0.485. The van der Waals surface area contributed by atoms with Crippen LogP contribution in [0.4, 0.5) is 13.2 Å². The highest BCUT2D eigenvalue weighted by Gasteiger charge is 2.38. The maximum atomic E-state index is 13.7. The molecule has 0 bridgehead atoms. The van der Waals surface area contributed by atoms with Crippen molar-refractivity contribution in [2.75, 3.05) is 54.1 Å². The fraction of sp³-hybridized carbons (Fsp3) is 0.654. The van der Waals surface area contributed by atoms with E-state index in [-0.39, 0.29) is 17.9 Å². The number of alkyl halides is 3. The van der Waals surface area contributed by atoms with Crippen LogP contribution in [0.5, 0.6) is 17.2 Å². The summed E-state index contributed by atoms with van der Waals surface area (Å²) in [6.45, 7) is 3.51. The van der Waals surface area contributed by atoms with E-state index in [2.05, 4.69) is 5.32 Å². The van der Waals surface area contributed by atoms with Crippen LogP contribution in [0.15, 0.2) is 12.1 Å². The summed E-state index contributed by atoms with van der Waals surface area (Å²) in [7, 11) is 4.63. The molecule has 13 heteroatoms. The number of amides is 2. The van der Waals surface area contributed by atoms with Crippen LogP contribution in [0.3, 0.4) is 0 Å². The number of carbonyl (C=O) groups is 3. The number of ether oxygens (including phenoxy) is 3.